The highest BCUT2D eigenvalue weighted by molar-refractivity contribution is 7.47. The summed E-state index contributed by atoms with van der Waals surface area (Å²) in [4.78, 5) is 73.0. The van der Waals surface area contributed by atoms with Crippen molar-refractivity contribution in [3.8, 4) is 0 Å². The van der Waals surface area contributed by atoms with Gasteiger partial charge in [-0.2, -0.15) is 0 Å². The molecule has 0 rings (SSSR count). The molecule has 0 saturated heterocycles. The van der Waals surface area contributed by atoms with Gasteiger partial charge in [-0.05, 0) is 128 Å². The van der Waals surface area contributed by atoms with E-state index in [0.29, 0.717) is 32.1 Å². The van der Waals surface area contributed by atoms with Crippen LogP contribution in [-0.4, -0.2) is 96.7 Å². The highest BCUT2D eigenvalue weighted by atomic mass is 31.2. The summed E-state index contributed by atoms with van der Waals surface area (Å²) in [6.45, 7) is 4.63. The van der Waals surface area contributed by atoms with E-state index < -0.39 is 97.5 Å². The Morgan fingerprint density at radius 1 is 0.279 bits per heavy atom. The maximum atomic E-state index is 13.1. The molecule has 0 aromatic heterocycles. The lowest BCUT2D eigenvalue weighted by Crippen LogP contribution is -2.30. The number of esters is 4. The summed E-state index contributed by atoms with van der Waals surface area (Å²) < 4.78 is 68.6. The van der Waals surface area contributed by atoms with Crippen LogP contribution in [0.25, 0.3) is 0 Å². The molecule has 0 aliphatic heterocycles. The van der Waals surface area contributed by atoms with Gasteiger partial charge in [0, 0.05) is 25.7 Å². The van der Waals surface area contributed by atoms with Gasteiger partial charge >= 0.3 is 39.5 Å². The van der Waals surface area contributed by atoms with E-state index in [2.05, 4.69) is 131 Å². The van der Waals surface area contributed by atoms with Crippen molar-refractivity contribution >= 4 is 39.5 Å². The molecule has 0 aliphatic rings. The Hall–Kier alpha value is -4.54. The fraction of sp³-hybridized carbons (Fsp3) is 0.718. The lowest BCUT2D eigenvalue weighted by molar-refractivity contribution is -0.161. The van der Waals surface area contributed by atoms with E-state index in [1.807, 2.05) is 18.2 Å². The van der Waals surface area contributed by atoms with Crippen molar-refractivity contribution in [3.05, 3.63) is 122 Å². The highest BCUT2D eigenvalue weighted by Gasteiger charge is 2.30. The van der Waals surface area contributed by atoms with Crippen LogP contribution in [0.2, 0.25) is 0 Å². The second-order valence-electron chi connectivity index (χ2n) is 27.0. The molecule has 0 amide bonds. The Balaban J connectivity index is 5.44. The van der Waals surface area contributed by atoms with Crippen LogP contribution < -0.4 is 0 Å². The number of carbonyl (C=O) groups is 4. The molecular weight excluding hydrogens is 1350 g/mol. The first kappa shape index (κ1) is 99.5. The van der Waals surface area contributed by atoms with Crippen LogP contribution in [-0.2, 0) is 65.4 Å². The summed E-state index contributed by atoms with van der Waals surface area (Å²) in [7, 11) is -9.98. The fourth-order valence-corrected chi connectivity index (χ4v) is 12.3. The molecule has 0 heterocycles. The van der Waals surface area contributed by atoms with E-state index in [-0.39, 0.29) is 25.7 Å². The Morgan fingerprint density at radius 3 is 0.846 bits per heavy atom. The zero-order chi connectivity index (χ0) is 76.0. The summed E-state index contributed by atoms with van der Waals surface area (Å²) >= 11 is 0. The Labute approximate surface area is 632 Å². The molecule has 0 bridgehead atoms. The van der Waals surface area contributed by atoms with Gasteiger partial charge in [-0.3, -0.25) is 37.3 Å². The third-order valence-electron chi connectivity index (χ3n) is 16.9. The quantitative estimate of drug-likeness (QED) is 0.0169. The third-order valence-corrected chi connectivity index (χ3v) is 18.8. The lowest BCUT2D eigenvalue weighted by atomic mass is 10.0. The molecule has 17 nitrogen and oxygen atoms in total. The zero-order valence-corrected chi connectivity index (χ0v) is 67.2. The van der Waals surface area contributed by atoms with E-state index in [0.717, 1.165) is 148 Å². The predicted octanol–water partition coefficient (Wildman–Crippen LogP) is 23.9. The number of hydrogen-bond donors (Lipinski definition) is 3. The summed E-state index contributed by atoms with van der Waals surface area (Å²) in [5.41, 5.74) is 0. The molecule has 19 heteroatoms. The lowest BCUT2D eigenvalue weighted by Gasteiger charge is -2.21. The largest absolute Gasteiger partial charge is 0.472 e. The van der Waals surface area contributed by atoms with Crippen LogP contribution in [0, 0.1) is 0 Å². The monoisotopic (exact) mass is 1500 g/mol. The third kappa shape index (κ3) is 75.7. The summed E-state index contributed by atoms with van der Waals surface area (Å²) in [6.07, 6.45) is 84.7. The number of carbonyl (C=O) groups excluding carboxylic acids is 4. The molecular formula is C85H146O17P2. The minimum absolute atomic E-state index is 0.0359. The van der Waals surface area contributed by atoms with E-state index in [4.69, 9.17) is 37.0 Å². The molecule has 0 radical (unpaired) electrons. The number of phosphoric acid groups is 2. The van der Waals surface area contributed by atoms with Gasteiger partial charge in [0.25, 0.3) is 0 Å². The Bertz CT molecular complexity index is 2440. The first-order chi connectivity index (χ1) is 50.7. The van der Waals surface area contributed by atoms with Crippen molar-refractivity contribution < 1.29 is 80.2 Å². The molecule has 0 aliphatic carbocycles. The van der Waals surface area contributed by atoms with E-state index in [1.165, 1.54) is 103 Å². The summed E-state index contributed by atoms with van der Waals surface area (Å²) in [6, 6.07) is 0. The molecule has 0 fully saturated rings. The topological polar surface area (TPSA) is 237 Å². The number of allylic oxidation sites excluding steroid dienone is 20. The first-order valence-electron chi connectivity index (χ1n) is 40.8. The van der Waals surface area contributed by atoms with Crippen molar-refractivity contribution in [1.29, 1.82) is 0 Å². The van der Waals surface area contributed by atoms with Crippen LogP contribution in [0.15, 0.2) is 122 Å². The van der Waals surface area contributed by atoms with Gasteiger partial charge in [-0.1, -0.05) is 303 Å². The van der Waals surface area contributed by atoms with Crippen LogP contribution in [0.5, 0.6) is 0 Å². The number of ether oxygens (including phenoxy) is 4. The maximum absolute atomic E-state index is 13.1. The molecule has 0 aromatic rings. The predicted molar refractivity (Wildman–Crippen MR) is 427 cm³/mol. The molecule has 5 unspecified atom stereocenters. The van der Waals surface area contributed by atoms with Gasteiger partial charge in [0.05, 0.1) is 26.4 Å². The second kappa shape index (κ2) is 76.6. The number of phosphoric ester groups is 2. The zero-order valence-electron chi connectivity index (χ0n) is 65.4. The van der Waals surface area contributed by atoms with Gasteiger partial charge in [0.15, 0.2) is 12.2 Å². The van der Waals surface area contributed by atoms with E-state index in [9.17, 15) is 43.2 Å². The average Bonchev–Trinajstić information content (AvgIpc) is 0.918. The smallest absolute Gasteiger partial charge is 0.462 e. The SMILES string of the molecule is CC/C=C\C/C=C\C/C=C\C/C=C\C/C=C\C/C=C\CCC(=O)OCC(COP(=O)(O)OCC(O)COP(=O)(O)OCC(COC(=O)CCCCCCC/C=C\C/C=C\CCCCC)OC(=O)CCCCCCC/C=C\C/C=C\CCCCC)OC(=O)CCCCCCCCCCCCCCCCC. The van der Waals surface area contributed by atoms with E-state index in [1.54, 1.807) is 0 Å². The minimum atomic E-state index is -5.00. The van der Waals surface area contributed by atoms with Crippen molar-refractivity contribution in [1.82, 2.24) is 0 Å². The van der Waals surface area contributed by atoms with Crippen molar-refractivity contribution in [3.63, 3.8) is 0 Å². The number of aliphatic hydroxyl groups excluding tert-OH is 1. The standard InChI is InChI=1S/C85H146O17P2/c1-5-9-13-17-21-25-29-33-37-38-39-40-44-46-50-54-58-62-66-70-83(88)96-76-81(102-85(90)72-68-64-60-56-52-48-43-36-32-28-24-20-16-12-8-4)78-100-104(93,94)98-74-79(86)73-97-103(91,92)99-77-80(101-84(89)71-67-63-59-55-51-47-42-35-31-27-23-19-15-11-7-3)75-95-82(87)69-65-61-57-53-49-45-41-34-30-26-22-18-14-10-6-2/h9,13,21-23,25-27,33-35,37,39-42,46,50,58,62,79-81,86H,5-8,10-12,14-20,24,28-32,36,38,43-45,47-49,51-57,59-61,63-78H2,1-4H3,(H,91,92)(H,93,94)/b13-9-,25-21-,26-22-,27-23-,37-33-,40-39-,41-34-,42-35-,50-46-,62-58-. The summed E-state index contributed by atoms with van der Waals surface area (Å²) in [5.74, 6) is -2.29. The molecule has 3 N–H and O–H groups in total. The Kier molecular flexibility index (Phi) is 73.3. The molecule has 0 aromatic carbocycles. The maximum Gasteiger partial charge on any atom is 0.472 e. The first-order valence-corrected chi connectivity index (χ1v) is 43.8. The molecule has 5 atom stereocenters. The number of hydrogen-bond acceptors (Lipinski definition) is 15. The van der Waals surface area contributed by atoms with Gasteiger partial charge < -0.3 is 33.8 Å². The molecule has 104 heavy (non-hydrogen) atoms. The van der Waals surface area contributed by atoms with Gasteiger partial charge in [-0.25, -0.2) is 9.13 Å². The van der Waals surface area contributed by atoms with Gasteiger partial charge in [0.2, 0.25) is 0 Å². The van der Waals surface area contributed by atoms with Crippen molar-refractivity contribution in [2.45, 2.75) is 354 Å². The van der Waals surface area contributed by atoms with Crippen LogP contribution in [0.1, 0.15) is 336 Å². The van der Waals surface area contributed by atoms with Gasteiger partial charge in [0.1, 0.15) is 19.3 Å². The van der Waals surface area contributed by atoms with Crippen LogP contribution >= 0.6 is 15.6 Å². The minimum Gasteiger partial charge on any atom is -0.462 e. The van der Waals surface area contributed by atoms with Crippen molar-refractivity contribution in [2.75, 3.05) is 39.6 Å². The molecule has 0 saturated carbocycles. The fourth-order valence-electron chi connectivity index (χ4n) is 10.7. The normalized spacial score (nSPS) is 14.5. The highest BCUT2D eigenvalue weighted by Crippen LogP contribution is 2.45. The van der Waals surface area contributed by atoms with Gasteiger partial charge in [-0.15, -0.1) is 0 Å². The number of unbranched alkanes of at least 4 members (excludes halogenated alkanes) is 30. The average molecular weight is 1500 g/mol. The van der Waals surface area contributed by atoms with E-state index >= 15 is 0 Å². The number of rotatable bonds is 76. The molecule has 0 spiro atoms. The van der Waals surface area contributed by atoms with Crippen LogP contribution in [0.4, 0.5) is 0 Å². The van der Waals surface area contributed by atoms with Crippen molar-refractivity contribution in [2.24, 2.45) is 0 Å². The molecule has 598 valence electrons. The summed E-state index contributed by atoms with van der Waals surface area (Å²) in [5, 5.41) is 10.6. The van der Waals surface area contributed by atoms with Crippen LogP contribution in [0.3, 0.4) is 0 Å². The Morgan fingerprint density at radius 2 is 0.519 bits per heavy atom. The number of aliphatic hydroxyl groups is 1. The second-order valence-corrected chi connectivity index (χ2v) is 29.9.